The summed E-state index contributed by atoms with van der Waals surface area (Å²) in [5.74, 6) is 0. The fraction of sp³-hybridized carbons (Fsp3) is 0. The number of aromatic nitrogens is 1. The number of nitrogens with two attached hydrogens (primary N) is 1. The third-order valence-electron chi connectivity index (χ3n) is 0.685. The van der Waals surface area contributed by atoms with Gasteiger partial charge in [0.2, 0.25) is 0 Å². The molecule has 0 aliphatic rings. The Morgan fingerprint density at radius 1 is 1.75 bits per heavy atom. The summed E-state index contributed by atoms with van der Waals surface area (Å²) in [6.07, 6.45) is 1.48. The lowest BCUT2D eigenvalue weighted by molar-refractivity contribution is 1.33. The molecule has 0 atom stereocenters. The molecule has 0 aliphatic carbocycles. The molecule has 0 bridgehead atoms. The van der Waals surface area contributed by atoms with Crippen molar-refractivity contribution in [2.24, 2.45) is 0 Å². The van der Waals surface area contributed by atoms with Gasteiger partial charge in [-0.3, -0.25) is 0 Å². The van der Waals surface area contributed by atoms with E-state index in [4.69, 9.17) is 17.3 Å². The van der Waals surface area contributed by atoms with Gasteiger partial charge in [0.15, 0.2) is 0 Å². The van der Waals surface area contributed by atoms with E-state index in [2.05, 4.69) is 11.1 Å². The third-order valence-corrected chi connectivity index (χ3v) is 0.892. The van der Waals surface area contributed by atoms with Crippen molar-refractivity contribution >= 4 is 17.3 Å². The van der Waals surface area contributed by atoms with Gasteiger partial charge in [0.05, 0.1) is 11.9 Å². The summed E-state index contributed by atoms with van der Waals surface area (Å²) in [4.78, 5) is 3.66. The Bertz CT molecular complexity index is 149. The van der Waals surface area contributed by atoms with Crippen LogP contribution in [-0.2, 0) is 0 Å². The van der Waals surface area contributed by atoms with Crippen LogP contribution in [-0.4, -0.2) is 4.98 Å². The Morgan fingerprint density at radius 2 is 2.50 bits per heavy atom. The minimum absolute atomic E-state index is 0.346. The van der Waals surface area contributed by atoms with Crippen LogP contribution in [0.4, 0.5) is 5.69 Å². The Hall–Kier alpha value is -0.760. The van der Waals surface area contributed by atoms with E-state index in [1.165, 1.54) is 6.20 Å². The molecule has 1 aromatic rings. The van der Waals surface area contributed by atoms with Crippen LogP contribution in [0.25, 0.3) is 0 Å². The van der Waals surface area contributed by atoms with Crippen molar-refractivity contribution in [1.29, 1.82) is 0 Å². The van der Waals surface area contributed by atoms with E-state index in [0.29, 0.717) is 10.8 Å². The Kier molecular flexibility index (Phi) is 1.35. The zero-order chi connectivity index (χ0) is 5.98. The Morgan fingerprint density at radius 3 is 2.88 bits per heavy atom. The lowest BCUT2D eigenvalue weighted by atomic mass is 10.4. The molecular formula is C5H4ClN2. The van der Waals surface area contributed by atoms with E-state index in [1.807, 2.05) is 0 Å². The first kappa shape index (κ1) is 5.38. The average molecular weight is 128 g/mol. The molecule has 3 heteroatoms. The topological polar surface area (TPSA) is 38.9 Å². The first-order valence-corrected chi connectivity index (χ1v) is 2.45. The number of pyridine rings is 1. The highest BCUT2D eigenvalue weighted by atomic mass is 35.5. The third kappa shape index (κ3) is 1.10. The number of nitrogens with zero attached hydrogens (tertiary/aromatic N) is 1. The lowest BCUT2D eigenvalue weighted by Gasteiger charge is -1.87. The molecule has 0 aliphatic heterocycles. The lowest BCUT2D eigenvalue weighted by Crippen LogP contribution is -1.84. The number of hydrogen-bond donors (Lipinski definition) is 1. The van der Waals surface area contributed by atoms with E-state index in [-0.39, 0.29) is 0 Å². The van der Waals surface area contributed by atoms with Gasteiger partial charge in [-0.15, -0.1) is 0 Å². The summed E-state index contributed by atoms with van der Waals surface area (Å²) >= 11 is 5.39. The van der Waals surface area contributed by atoms with Crippen LogP contribution in [0.2, 0.25) is 5.15 Å². The molecule has 2 N–H and O–H groups in total. The number of anilines is 1. The predicted molar refractivity (Wildman–Crippen MR) is 32.5 cm³/mol. The number of halogens is 1. The number of rotatable bonds is 0. The second-order valence-electron chi connectivity index (χ2n) is 1.34. The number of hydrogen-bond acceptors (Lipinski definition) is 2. The van der Waals surface area contributed by atoms with E-state index < -0.39 is 0 Å². The fourth-order valence-corrected chi connectivity index (χ4v) is 0.452. The minimum atomic E-state index is 0.346. The molecule has 8 heavy (non-hydrogen) atoms. The van der Waals surface area contributed by atoms with Gasteiger partial charge >= 0.3 is 0 Å². The molecule has 0 fully saturated rings. The van der Waals surface area contributed by atoms with Crippen molar-refractivity contribution in [2.45, 2.75) is 0 Å². The molecule has 0 aromatic carbocycles. The van der Waals surface area contributed by atoms with Gasteiger partial charge in [-0.2, -0.15) is 0 Å². The van der Waals surface area contributed by atoms with E-state index >= 15 is 0 Å². The fourth-order valence-electron chi connectivity index (χ4n) is 0.349. The van der Waals surface area contributed by atoms with Gasteiger partial charge in [-0.05, 0) is 6.07 Å². The molecule has 1 radical (unpaired) electrons. The maximum absolute atomic E-state index is 5.39. The van der Waals surface area contributed by atoms with E-state index in [0.717, 1.165) is 0 Å². The highest BCUT2D eigenvalue weighted by molar-refractivity contribution is 6.29. The molecular weight excluding hydrogens is 124 g/mol. The molecule has 41 valence electrons. The molecule has 0 spiro atoms. The highest BCUT2D eigenvalue weighted by Crippen LogP contribution is 2.03. The maximum atomic E-state index is 5.39. The average Bonchev–Trinajstić information content (AvgIpc) is 1.77. The van der Waals surface area contributed by atoms with Gasteiger partial charge in [-0.25, -0.2) is 4.98 Å². The van der Waals surface area contributed by atoms with Gasteiger partial charge in [0.25, 0.3) is 0 Å². The summed E-state index contributed by atoms with van der Waals surface area (Å²) < 4.78 is 0. The molecule has 0 saturated heterocycles. The highest BCUT2D eigenvalue weighted by Gasteiger charge is 1.84. The van der Waals surface area contributed by atoms with Crippen molar-refractivity contribution < 1.29 is 0 Å². The van der Waals surface area contributed by atoms with Gasteiger partial charge in [0, 0.05) is 6.07 Å². The molecule has 1 heterocycles. The van der Waals surface area contributed by atoms with Crippen molar-refractivity contribution in [1.82, 2.24) is 4.98 Å². The largest absolute Gasteiger partial charge is 0.397 e. The van der Waals surface area contributed by atoms with Gasteiger partial charge < -0.3 is 5.73 Å². The normalized spacial score (nSPS) is 9.12. The van der Waals surface area contributed by atoms with Crippen LogP contribution in [0.15, 0.2) is 12.3 Å². The van der Waals surface area contributed by atoms with Gasteiger partial charge in [0.1, 0.15) is 5.15 Å². The Labute approximate surface area is 52.3 Å². The van der Waals surface area contributed by atoms with E-state index in [9.17, 15) is 0 Å². The first-order valence-electron chi connectivity index (χ1n) is 2.08. The quantitative estimate of drug-likeness (QED) is 0.531. The van der Waals surface area contributed by atoms with Crippen molar-refractivity contribution in [3.8, 4) is 0 Å². The molecule has 0 amide bonds. The number of nitrogen functional groups attached to an aromatic ring is 1. The summed E-state index contributed by atoms with van der Waals surface area (Å²) in [6, 6.07) is 4.21. The van der Waals surface area contributed by atoms with Crippen LogP contribution >= 0.6 is 11.6 Å². The van der Waals surface area contributed by atoms with Crippen LogP contribution in [0.5, 0.6) is 0 Å². The predicted octanol–water partition coefficient (Wildman–Crippen LogP) is 1.12. The molecule has 2 nitrogen and oxygen atoms in total. The Balaban J connectivity index is 3.03. The molecule has 0 saturated carbocycles. The standard InChI is InChI=1S/C5H4ClN2/c6-5-2-1-4(7)3-8-5/h1,3H,7H2. The zero-order valence-electron chi connectivity index (χ0n) is 4.06. The van der Waals surface area contributed by atoms with E-state index in [1.54, 1.807) is 6.07 Å². The second-order valence-corrected chi connectivity index (χ2v) is 1.70. The van der Waals surface area contributed by atoms with Crippen molar-refractivity contribution in [3.05, 3.63) is 23.5 Å². The molecule has 0 unspecified atom stereocenters. The van der Waals surface area contributed by atoms with Crippen molar-refractivity contribution in [2.75, 3.05) is 5.73 Å². The summed E-state index contributed by atoms with van der Waals surface area (Å²) in [5.41, 5.74) is 5.85. The van der Waals surface area contributed by atoms with Crippen molar-refractivity contribution in [3.63, 3.8) is 0 Å². The second kappa shape index (κ2) is 2.01. The van der Waals surface area contributed by atoms with Crippen LogP contribution in [0.1, 0.15) is 0 Å². The minimum Gasteiger partial charge on any atom is -0.397 e. The molecule has 1 rings (SSSR count). The maximum Gasteiger partial charge on any atom is 0.137 e. The van der Waals surface area contributed by atoms with Gasteiger partial charge in [-0.1, -0.05) is 11.6 Å². The van der Waals surface area contributed by atoms with Crippen LogP contribution in [0, 0.1) is 6.07 Å². The van der Waals surface area contributed by atoms with Crippen LogP contribution in [0.3, 0.4) is 0 Å². The first-order chi connectivity index (χ1) is 3.79. The smallest absolute Gasteiger partial charge is 0.137 e. The SMILES string of the molecule is Nc1c[c]c(Cl)nc1. The summed E-state index contributed by atoms with van der Waals surface area (Å²) in [6.45, 7) is 0. The summed E-state index contributed by atoms with van der Waals surface area (Å²) in [5, 5.41) is 0.346. The summed E-state index contributed by atoms with van der Waals surface area (Å²) in [7, 11) is 0. The monoisotopic (exact) mass is 127 g/mol. The molecule has 1 aromatic heterocycles. The van der Waals surface area contributed by atoms with Crippen LogP contribution < -0.4 is 5.73 Å². The zero-order valence-corrected chi connectivity index (χ0v) is 4.81.